The number of benzene rings is 2. The third kappa shape index (κ3) is 3.69. The molecule has 1 saturated carbocycles. The molecule has 1 N–H and O–H groups in total. The molecule has 2 aromatic carbocycles. The molecule has 0 radical (unpaired) electrons. The van der Waals surface area contributed by atoms with Crippen molar-refractivity contribution in [2.75, 3.05) is 13.2 Å². The van der Waals surface area contributed by atoms with Gasteiger partial charge in [0.1, 0.15) is 5.75 Å². The van der Waals surface area contributed by atoms with Crippen molar-refractivity contribution in [3.05, 3.63) is 41.4 Å². The normalized spacial score (nSPS) is 15.7. The number of hydrogen-bond donors (Lipinski definition) is 1. The largest absolute Gasteiger partial charge is 0.493 e. The second kappa shape index (κ2) is 7.15. The zero-order valence-electron chi connectivity index (χ0n) is 12.3. The topological polar surface area (TPSA) is 21.3 Å². The van der Waals surface area contributed by atoms with E-state index in [0.29, 0.717) is 0 Å². The van der Waals surface area contributed by atoms with E-state index in [1.54, 1.807) is 0 Å². The summed E-state index contributed by atoms with van der Waals surface area (Å²) in [5.41, 5.74) is 0. The van der Waals surface area contributed by atoms with Gasteiger partial charge in [-0.25, -0.2) is 0 Å². The Labute approximate surface area is 131 Å². The first kappa shape index (κ1) is 14.7. The summed E-state index contributed by atoms with van der Waals surface area (Å²) >= 11 is 6.22. The van der Waals surface area contributed by atoms with Crippen molar-refractivity contribution in [2.45, 2.75) is 38.1 Å². The zero-order chi connectivity index (χ0) is 14.5. The Morgan fingerprint density at radius 3 is 2.62 bits per heavy atom. The SMILES string of the molecule is Clc1ccc(OCCCNC2CCCC2)c2ccccc12. The van der Waals surface area contributed by atoms with Gasteiger partial charge in [0.15, 0.2) is 0 Å². The molecule has 0 heterocycles. The highest BCUT2D eigenvalue weighted by Gasteiger charge is 2.13. The average molecular weight is 304 g/mol. The van der Waals surface area contributed by atoms with Crippen molar-refractivity contribution in [1.82, 2.24) is 5.32 Å². The van der Waals surface area contributed by atoms with Crippen LogP contribution in [0.1, 0.15) is 32.1 Å². The third-order valence-corrected chi connectivity index (χ3v) is 4.53. The predicted molar refractivity (Wildman–Crippen MR) is 89.3 cm³/mol. The van der Waals surface area contributed by atoms with Crippen LogP contribution in [0.5, 0.6) is 5.75 Å². The number of nitrogens with one attached hydrogen (secondary N) is 1. The van der Waals surface area contributed by atoms with E-state index in [9.17, 15) is 0 Å². The van der Waals surface area contributed by atoms with Crippen LogP contribution in [0.4, 0.5) is 0 Å². The van der Waals surface area contributed by atoms with Crippen molar-refractivity contribution in [3.63, 3.8) is 0 Å². The molecule has 3 rings (SSSR count). The first-order chi connectivity index (χ1) is 10.3. The lowest BCUT2D eigenvalue weighted by Crippen LogP contribution is -2.27. The summed E-state index contributed by atoms with van der Waals surface area (Å²) in [6.07, 6.45) is 6.47. The molecule has 112 valence electrons. The maximum absolute atomic E-state index is 6.22. The molecule has 1 aliphatic rings. The number of ether oxygens (including phenoxy) is 1. The first-order valence-corrected chi connectivity index (χ1v) is 8.26. The van der Waals surface area contributed by atoms with Crippen molar-refractivity contribution in [2.24, 2.45) is 0 Å². The molecule has 3 heteroatoms. The second-order valence-electron chi connectivity index (χ2n) is 5.73. The van der Waals surface area contributed by atoms with E-state index in [1.165, 1.54) is 25.7 Å². The Balaban J connectivity index is 1.52. The fraction of sp³-hybridized carbons (Fsp3) is 0.444. The van der Waals surface area contributed by atoms with Gasteiger partial charge in [0.25, 0.3) is 0 Å². The van der Waals surface area contributed by atoms with Crippen molar-refractivity contribution in [1.29, 1.82) is 0 Å². The van der Waals surface area contributed by atoms with Crippen LogP contribution in [-0.2, 0) is 0 Å². The molecule has 0 aliphatic heterocycles. The summed E-state index contributed by atoms with van der Waals surface area (Å²) in [6.45, 7) is 1.78. The minimum Gasteiger partial charge on any atom is -0.493 e. The highest BCUT2D eigenvalue weighted by molar-refractivity contribution is 6.35. The summed E-state index contributed by atoms with van der Waals surface area (Å²) < 4.78 is 5.94. The number of halogens is 1. The molecule has 21 heavy (non-hydrogen) atoms. The molecule has 1 fully saturated rings. The molecule has 2 nitrogen and oxygen atoms in total. The summed E-state index contributed by atoms with van der Waals surface area (Å²) in [5, 5.41) is 6.54. The van der Waals surface area contributed by atoms with E-state index >= 15 is 0 Å². The molecule has 0 spiro atoms. The van der Waals surface area contributed by atoms with Gasteiger partial charge >= 0.3 is 0 Å². The molecule has 0 atom stereocenters. The standard InChI is InChI=1S/C18H22ClNO/c19-17-10-11-18(16-9-4-3-8-15(16)17)21-13-5-12-20-14-6-1-2-7-14/h3-4,8-11,14,20H,1-2,5-7,12-13H2. The van der Waals surface area contributed by atoms with Crippen molar-refractivity contribution < 1.29 is 4.74 Å². The highest BCUT2D eigenvalue weighted by Crippen LogP contribution is 2.31. The maximum Gasteiger partial charge on any atom is 0.127 e. The molecule has 1 aliphatic carbocycles. The van der Waals surface area contributed by atoms with Crippen LogP contribution >= 0.6 is 11.6 Å². The molecule has 0 bridgehead atoms. The van der Waals surface area contributed by atoms with E-state index in [2.05, 4.69) is 11.4 Å². The molecular weight excluding hydrogens is 282 g/mol. The minimum absolute atomic E-state index is 0.737. The van der Waals surface area contributed by atoms with Gasteiger partial charge in [0, 0.05) is 21.8 Å². The van der Waals surface area contributed by atoms with Gasteiger partial charge in [-0.1, -0.05) is 48.7 Å². The highest BCUT2D eigenvalue weighted by atomic mass is 35.5. The van der Waals surface area contributed by atoms with Gasteiger partial charge in [0.2, 0.25) is 0 Å². The van der Waals surface area contributed by atoms with E-state index < -0.39 is 0 Å². The lowest BCUT2D eigenvalue weighted by atomic mass is 10.1. The van der Waals surface area contributed by atoms with E-state index in [4.69, 9.17) is 16.3 Å². The van der Waals surface area contributed by atoms with Crippen LogP contribution in [0, 0.1) is 0 Å². The molecule has 0 saturated heterocycles. The van der Waals surface area contributed by atoms with Crippen molar-refractivity contribution in [3.8, 4) is 5.75 Å². The fourth-order valence-corrected chi connectivity index (χ4v) is 3.28. The average Bonchev–Trinajstić information content (AvgIpc) is 3.03. The maximum atomic E-state index is 6.22. The Morgan fingerprint density at radius 2 is 1.81 bits per heavy atom. The zero-order valence-corrected chi connectivity index (χ0v) is 13.0. The monoisotopic (exact) mass is 303 g/mol. The van der Waals surface area contributed by atoms with Crippen LogP contribution in [0.3, 0.4) is 0 Å². The van der Waals surface area contributed by atoms with Crippen LogP contribution in [0.25, 0.3) is 10.8 Å². The van der Waals surface area contributed by atoms with Gasteiger partial charge in [-0.2, -0.15) is 0 Å². The Hall–Kier alpha value is -1.25. The fourth-order valence-electron chi connectivity index (χ4n) is 3.05. The van der Waals surface area contributed by atoms with Crippen molar-refractivity contribution >= 4 is 22.4 Å². The van der Waals surface area contributed by atoms with Crippen LogP contribution in [0.2, 0.25) is 5.02 Å². The molecule has 0 unspecified atom stereocenters. The lowest BCUT2D eigenvalue weighted by Gasteiger charge is -2.13. The van der Waals surface area contributed by atoms with Crippen LogP contribution in [-0.4, -0.2) is 19.2 Å². The van der Waals surface area contributed by atoms with E-state index in [-0.39, 0.29) is 0 Å². The van der Waals surface area contributed by atoms with Crippen LogP contribution < -0.4 is 10.1 Å². The van der Waals surface area contributed by atoms with Gasteiger partial charge in [0.05, 0.1) is 6.61 Å². The predicted octanol–water partition coefficient (Wildman–Crippen LogP) is 4.79. The Morgan fingerprint density at radius 1 is 1.05 bits per heavy atom. The minimum atomic E-state index is 0.737. The lowest BCUT2D eigenvalue weighted by molar-refractivity contribution is 0.308. The third-order valence-electron chi connectivity index (χ3n) is 4.20. The molecule has 0 amide bonds. The second-order valence-corrected chi connectivity index (χ2v) is 6.14. The Kier molecular flexibility index (Phi) is 5.00. The number of fused-ring (bicyclic) bond motifs is 1. The van der Waals surface area contributed by atoms with Gasteiger partial charge in [-0.3, -0.25) is 0 Å². The number of hydrogen-bond acceptors (Lipinski definition) is 2. The Bertz CT molecular complexity index is 593. The van der Waals surface area contributed by atoms with E-state index in [1.807, 2.05) is 30.3 Å². The quantitative estimate of drug-likeness (QED) is 0.774. The van der Waals surface area contributed by atoms with Gasteiger partial charge in [-0.05, 0) is 37.9 Å². The number of rotatable bonds is 6. The molecular formula is C18H22ClNO. The van der Waals surface area contributed by atoms with Gasteiger partial charge in [-0.15, -0.1) is 0 Å². The summed E-state index contributed by atoms with van der Waals surface area (Å²) in [5.74, 6) is 0.927. The molecule has 0 aromatic heterocycles. The smallest absolute Gasteiger partial charge is 0.127 e. The summed E-state index contributed by atoms with van der Waals surface area (Å²) in [4.78, 5) is 0. The van der Waals surface area contributed by atoms with E-state index in [0.717, 1.165) is 47.2 Å². The van der Waals surface area contributed by atoms with Crippen LogP contribution in [0.15, 0.2) is 36.4 Å². The first-order valence-electron chi connectivity index (χ1n) is 7.88. The van der Waals surface area contributed by atoms with Gasteiger partial charge < -0.3 is 10.1 Å². The molecule has 2 aromatic rings. The summed E-state index contributed by atoms with van der Waals surface area (Å²) in [7, 11) is 0. The summed E-state index contributed by atoms with van der Waals surface area (Å²) in [6, 6.07) is 12.7.